The third kappa shape index (κ3) is 4.49. The van der Waals surface area contributed by atoms with E-state index in [1.165, 1.54) is 14.7 Å². The molecule has 0 fully saturated rings. The highest BCUT2D eigenvalue weighted by Gasteiger charge is 2.10. The van der Waals surface area contributed by atoms with Crippen LogP contribution in [0.4, 0.5) is 0 Å². The molecule has 0 radical (unpaired) electrons. The van der Waals surface area contributed by atoms with Crippen LogP contribution in [0.15, 0.2) is 48.5 Å². The normalized spacial score (nSPS) is 12.2. The Morgan fingerprint density at radius 2 is 1.75 bits per heavy atom. The van der Waals surface area contributed by atoms with Gasteiger partial charge in [-0.1, -0.05) is 24.3 Å². The number of ether oxygens (including phenoxy) is 1. The van der Waals surface area contributed by atoms with E-state index >= 15 is 0 Å². The summed E-state index contributed by atoms with van der Waals surface area (Å²) in [7, 11) is 1.67. The highest BCUT2D eigenvalue weighted by Crippen LogP contribution is 2.19. The van der Waals surface area contributed by atoms with Crippen LogP contribution in [0.25, 0.3) is 0 Å². The van der Waals surface area contributed by atoms with Gasteiger partial charge in [0.15, 0.2) is 0 Å². The first kappa shape index (κ1) is 15.3. The van der Waals surface area contributed by atoms with Crippen LogP contribution in [0, 0.1) is 9.49 Å². The van der Waals surface area contributed by atoms with Gasteiger partial charge in [-0.05, 0) is 76.7 Å². The van der Waals surface area contributed by atoms with Crippen molar-refractivity contribution < 1.29 is 9.84 Å². The van der Waals surface area contributed by atoms with E-state index in [-0.39, 0.29) is 12.5 Å². The molecule has 0 aliphatic carbocycles. The lowest BCUT2D eigenvalue weighted by molar-refractivity contribution is 0.225. The van der Waals surface area contributed by atoms with Gasteiger partial charge in [-0.3, -0.25) is 0 Å². The highest BCUT2D eigenvalue weighted by molar-refractivity contribution is 14.1. The van der Waals surface area contributed by atoms with Crippen molar-refractivity contribution in [3.8, 4) is 5.75 Å². The largest absolute Gasteiger partial charge is 0.497 e. The average Bonchev–Trinajstić information content (AvgIpc) is 2.49. The van der Waals surface area contributed by atoms with E-state index in [2.05, 4.69) is 52.9 Å². The smallest absolute Gasteiger partial charge is 0.119 e. The molecular formula is C17H19IO2. The first-order valence-electron chi connectivity index (χ1n) is 6.69. The first-order valence-corrected chi connectivity index (χ1v) is 7.77. The zero-order valence-corrected chi connectivity index (χ0v) is 13.7. The van der Waals surface area contributed by atoms with Crippen molar-refractivity contribution in [3.05, 3.63) is 63.2 Å². The molecule has 0 heterocycles. The lowest BCUT2D eigenvalue weighted by Crippen LogP contribution is -2.13. The van der Waals surface area contributed by atoms with Crippen LogP contribution in [0.5, 0.6) is 5.75 Å². The number of aliphatic hydroxyl groups is 1. The van der Waals surface area contributed by atoms with Crippen LogP contribution in [0.3, 0.4) is 0 Å². The predicted octanol–water partition coefficient (Wildman–Crippen LogP) is 3.69. The SMILES string of the molecule is COc1cccc(CC(CO)Cc2ccc(I)cc2)c1. The second-order valence-electron chi connectivity index (χ2n) is 4.93. The van der Waals surface area contributed by atoms with Crippen LogP contribution in [0.2, 0.25) is 0 Å². The molecule has 106 valence electrons. The number of benzene rings is 2. The Balaban J connectivity index is 2.02. The molecule has 0 saturated carbocycles. The van der Waals surface area contributed by atoms with E-state index in [9.17, 15) is 5.11 Å². The van der Waals surface area contributed by atoms with Gasteiger partial charge in [0.1, 0.15) is 5.75 Å². The summed E-state index contributed by atoms with van der Waals surface area (Å²) < 4.78 is 6.47. The Kier molecular flexibility index (Phi) is 5.86. The van der Waals surface area contributed by atoms with Crippen LogP contribution in [-0.4, -0.2) is 18.8 Å². The van der Waals surface area contributed by atoms with Gasteiger partial charge in [0.25, 0.3) is 0 Å². The zero-order valence-electron chi connectivity index (χ0n) is 11.6. The van der Waals surface area contributed by atoms with Crippen molar-refractivity contribution in [1.82, 2.24) is 0 Å². The lowest BCUT2D eigenvalue weighted by Gasteiger charge is -2.15. The molecule has 0 aliphatic heterocycles. The highest BCUT2D eigenvalue weighted by atomic mass is 127. The van der Waals surface area contributed by atoms with Crippen LogP contribution in [-0.2, 0) is 12.8 Å². The molecule has 1 atom stereocenters. The van der Waals surface area contributed by atoms with E-state index in [4.69, 9.17) is 4.74 Å². The van der Waals surface area contributed by atoms with Crippen molar-refractivity contribution in [2.75, 3.05) is 13.7 Å². The number of hydrogen-bond donors (Lipinski definition) is 1. The van der Waals surface area contributed by atoms with E-state index in [1.54, 1.807) is 7.11 Å². The summed E-state index contributed by atoms with van der Waals surface area (Å²) in [6.45, 7) is 0.198. The maximum atomic E-state index is 9.60. The summed E-state index contributed by atoms with van der Waals surface area (Å²) in [6, 6.07) is 16.5. The third-order valence-electron chi connectivity index (χ3n) is 3.35. The van der Waals surface area contributed by atoms with Crippen molar-refractivity contribution in [2.24, 2.45) is 5.92 Å². The number of rotatable bonds is 6. The van der Waals surface area contributed by atoms with Crippen LogP contribution >= 0.6 is 22.6 Å². The average molecular weight is 382 g/mol. The maximum Gasteiger partial charge on any atom is 0.119 e. The number of hydrogen-bond acceptors (Lipinski definition) is 2. The third-order valence-corrected chi connectivity index (χ3v) is 4.07. The minimum atomic E-state index is 0.198. The van der Waals surface area contributed by atoms with Gasteiger partial charge in [-0.15, -0.1) is 0 Å². The molecular weight excluding hydrogens is 363 g/mol. The molecule has 1 N–H and O–H groups in total. The molecule has 0 spiro atoms. The standard InChI is InChI=1S/C17H19IO2/c1-20-17-4-2-3-14(11-17)10-15(12-19)9-13-5-7-16(18)8-6-13/h2-8,11,15,19H,9-10,12H2,1H3. The molecule has 0 aliphatic rings. The van der Waals surface area contributed by atoms with Gasteiger partial charge in [0.05, 0.1) is 7.11 Å². The molecule has 2 rings (SSSR count). The number of aliphatic hydroxyl groups excluding tert-OH is 1. The Hall–Kier alpha value is -1.07. The van der Waals surface area contributed by atoms with Crippen molar-refractivity contribution in [1.29, 1.82) is 0 Å². The molecule has 2 aromatic carbocycles. The molecule has 2 aromatic rings. The fourth-order valence-corrected chi connectivity index (χ4v) is 2.65. The molecule has 3 heteroatoms. The fourth-order valence-electron chi connectivity index (χ4n) is 2.29. The second-order valence-corrected chi connectivity index (χ2v) is 6.18. The zero-order chi connectivity index (χ0) is 14.4. The van der Waals surface area contributed by atoms with E-state index in [0.717, 1.165) is 18.6 Å². The van der Waals surface area contributed by atoms with E-state index in [1.807, 2.05) is 18.2 Å². The van der Waals surface area contributed by atoms with Crippen molar-refractivity contribution in [3.63, 3.8) is 0 Å². The second kappa shape index (κ2) is 7.64. The monoisotopic (exact) mass is 382 g/mol. The number of methoxy groups -OCH3 is 1. The van der Waals surface area contributed by atoms with Gasteiger partial charge in [-0.2, -0.15) is 0 Å². The summed E-state index contributed by atoms with van der Waals surface area (Å²) in [4.78, 5) is 0. The summed E-state index contributed by atoms with van der Waals surface area (Å²) in [5, 5.41) is 9.60. The molecule has 20 heavy (non-hydrogen) atoms. The fraction of sp³-hybridized carbons (Fsp3) is 0.294. The maximum absolute atomic E-state index is 9.60. The summed E-state index contributed by atoms with van der Waals surface area (Å²) >= 11 is 2.30. The van der Waals surface area contributed by atoms with Gasteiger partial charge in [0.2, 0.25) is 0 Å². The van der Waals surface area contributed by atoms with E-state index in [0.29, 0.717) is 0 Å². The molecule has 0 saturated heterocycles. The number of halogens is 1. The Morgan fingerprint density at radius 3 is 2.40 bits per heavy atom. The van der Waals surface area contributed by atoms with Crippen molar-refractivity contribution in [2.45, 2.75) is 12.8 Å². The molecule has 2 nitrogen and oxygen atoms in total. The summed E-state index contributed by atoms with van der Waals surface area (Å²) in [5.41, 5.74) is 2.47. The molecule has 0 amide bonds. The first-order chi connectivity index (χ1) is 9.71. The topological polar surface area (TPSA) is 29.5 Å². The quantitative estimate of drug-likeness (QED) is 0.773. The van der Waals surface area contributed by atoms with E-state index < -0.39 is 0 Å². The minimum absolute atomic E-state index is 0.198. The molecule has 0 bridgehead atoms. The Bertz CT molecular complexity index is 537. The van der Waals surface area contributed by atoms with Crippen molar-refractivity contribution >= 4 is 22.6 Å². The van der Waals surface area contributed by atoms with Gasteiger partial charge >= 0.3 is 0 Å². The Morgan fingerprint density at radius 1 is 1.05 bits per heavy atom. The van der Waals surface area contributed by atoms with Crippen LogP contribution in [0.1, 0.15) is 11.1 Å². The van der Waals surface area contributed by atoms with Gasteiger partial charge in [-0.25, -0.2) is 0 Å². The summed E-state index contributed by atoms with van der Waals surface area (Å²) in [6.07, 6.45) is 1.75. The minimum Gasteiger partial charge on any atom is -0.497 e. The Labute approximate surface area is 133 Å². The van der Waals surface area contributed by atoms with Crippen LogP contribution < -0.4 is 4.74 Å². The lowest BCUT2D eigenvalue weighted by atomic mass is 9.93. The summed E-state index contributed by atoms with van der Waals surface area (Å²) in [5.74, 6) is 1.11. The predicted molar refractivity (Wildman–Crippen MR) is 90.1 cm³/mol. The van der Waals surface area contributed by atoms with Gasteiger partial charge in [0, 0.05) is 10.2 Å². The molecule has 1 unspecified atom stereocenters. The molecule has 0 aromatic heterocycles. The van der Waals surface area contributed by atoms with Gasteiger partial charge < -0.3 is 9.84 Å².